The van der Waals surface area contributed by atoms with E-state index >= 15 is 0 Å². The average molecular weight is 338 g/mol. The number of nitrogens with zero attached hydrogens (tertiary/aromatic N) is 3. The minimum Gasteiger partial charge on any atom is -0.331 e. The number of Topliss-reactive ketones (excluding diaryl/α,β-unsaturated/α-hetero) is 1. The molecule has 2 bridgehead atoms. The van der Waals surface area contributed by atoms with Crippen molar-refractivity contribution in [3.8, 4) is 0 Å². The highest BCUT2D eigenvalue weighted by molar-refractivity contribution is 6.05. The Morgan fingerprint density at radius 3 is 2.76 bits per heavy atom. The van der Waals surface area contributed by atoms with E-state index in [1.807, 2.05) is 23.1 Å². The molecule has 1 aromatic heterocycles. The Labute approximate surface area is 146 Å². The van der Waals surface area contributed by atoms with E-state index in [-0.39, 0.29) is 11.8 Å². The molecule has 1 aromatic carbocycles. The molecule has 3 aliphatic rings. The monoisotopic (exact) mass is 338 g/mol. The van der Waals surface area contributed by atoms with Crippen LogP contribution in [0.3, 0.4) is 0 Å². The average Bonchev–Trinajstić information content (AvgIpc) is 3.10. The summed E-state index contributed by atoms with van der Waals surface area (Å²) >= 11 is 0. The van der Waals surface area contributed by atoms with Crippen LogP contribution in [0.4, 0.5) is 0 Å². The van der Waals surface area contributed by atoms with Crippen LogP contribution in [0.25, 0.3) is 10.9 Å². The van der Waals surface area contributed by atoms with E-state index in [0.29, 0.717) is 30.0 Å². The lowest BCUT2D eigenvalue weighted by atomic mass is 10.0. The fraction of sp³-hybridized carbons (Fsp3) is 0.526. The number of aromatic nitrogens is 2. The lowest BCUT2D eigenvalue weighted by Gasteiger charge is -2.31. The SMILES string of the molecule is CN1C[C@@H]2C[C@H]1CN2C(=O)c1n[nH]c2ccc(CC(=O)C3CC3)cc12. The summed E-state index contributed by atoms with van der Waals surface area (Å²) in [6, 6.07) is 6.63. The van der Waals surface area contributed by atoms with Gasteiger partial charge in [-0.3, -0.25) is 19.6 Å². The third kappa shape index (κ3) is 2.47. The van der Waals surface area contributed by atoms with Gasteiger partial charge in [0.15, 0.2) is 5.69 Å². The molecule has 1 amide bonds. The summed E-state index contributed by atoms with van der Waals surface area (Å²) < 4.78 is 0. The summed E-state index contributed by atoms with van der Waals surface area (Å²) in [7, 11) is 2.12. The first-order chi connectivity index (χ1) is 12.1. The van der Waals surface area contributed by atoms with Gasteiger partial charge in [-0.25, -0.2) is 0 Å². The smallest absolute Gasteiger partial charge is 0.275 e. The molecule has 25 heavy (non-hydrogen) atoms. The molecule has 130 valence electrons. The number of aromatic amines is 1. The zero-order chi connectivity index (χ0) is 17.1. The van der Waals surface area contributed by atoms with Crippen molar-refractivity contribution in [2.75, 3.05) is 20.1 Å². The fourth-order valence-corrected chi connectivity index (χ4v) is 4.34. The van der Waals surface area contributed by atoms with Gasteiger partial charge in [0.2, 0.25) is 0 Å². The summed E-state index contributed by atoms with van der Waals surface area (Å²) in [6.45, 7) is 1.73. The Morgan fingerprint density at radius 1 is 1.24 bits per heavy atom. The predicted octanol–water partition coefficient (Wildman–Crippen LogP) is 1.61. The third-order valence-electron chi connectivity index (χ3n) is 6.02. The number of fused-ring (bicyclic) bond motifs is 3. The Hall–Kier alpha value is -2.21. The summed E-state index contributed by atoms with van der Waals surface area (Å²) in [6.07, 6.45) is 3.58. The maximum atomic E-state index is 13.0. The number of rotatable bonds is 4. The van der Waals surface area contributed by atoms with Gasteiger partial charge in [0.05, 0.1) is 5.52 Å². The van der Waals surface area contributed by atoms with E-state index < -0.39 is 0 Å². The van der Waals surface area contributed by atoms with E-state index in [4.69, 9.17) is 0 Å². The first-order valence-corrected chi connectivity index (χ1v) is 9.11. The topological polar surface area (TPSA) is 69.3 Å². The van der Waals surface area contributed by atoms with Crippen molar-refractivity contribution in [3.05, 3.63) is 29.5 Å². The number of nitrogens with one attached hydrogen (secondary N) is 1. The molecule has 1 saturated carbocycles. The van der Waals surface area contributed by atoms with Crippen molar-refractivity contribution >= 4 is 22.6 Å². The fourth-order valence-electron chi connectivity index (χ4n) is 4.34. The van der Waals surface area contributed by atoms with Crippen LogP contribution in [-0.4, -0.2) is 63.9 Å². The molecule has 2 saturated heterocycles. The summed E-state index contributed by atoms with van der Waals surface area (Å²) in [5.41, 5.74) is 2.32. The Bertz CT molecular complexity index is 867. The van der Waals surface area contributed by atoms with Gasteiger partial charge in [-0.1, -0.05) is 6.07 Å². The number of ketones is 1. The normalized spacial score (nSPS) is 25.9. The molecule has 2 atom stereocenters. The molecule has 0 radical (unpaired) electrons. The first kappa shape index (κ1) is 15.1. The van der Waals surface area contributed by atoms with Crippen LogP contribution < -0.4 is 0 Å². The second kappa shape index (κ2) is 5.39. The first-order valence-electron chi connectivity index (χ1n) is 9.11. The van der Waals surface area contributed by atoms with Crippen molar-refractivity contribution in [2.45, 2.75) is 37.8 Å². The Kier molecular flexibility index (Phi) is 3.25. The molecule has 1 N–H and O–H groups in total. The van der Waals surface area contributed by atoms with Crippen molar-refractivity contribution in [3.63, 3.8) is 0 Å². The molecular formula is C19H22N4O2. The minimum atomic E-state index is 0.0116. The molecule has 3 fully saturated rings. The molecule has 0 unspecified atom stereocenters. The third-order valence-corrected chi connectivity index (χ3v) is 6.02. The molecular weight excluding hydrogens is 316 g/mol. The van der Waals surface area contributed by atoms with Gasteiger partial charge < -0.3 is 4.90 Å². The number of carbonyl (C=O) groups excluding carboxylic acids is 2. The second-order valence-electron chi connectivity index (χ2n) is 7.81. The van der Waals surface area contributed by atoms with E-state index in [9.17, 15) is 9.59 Å². The molecule has 2 aliphatic heterocycles. The highest BCUT2D eigenvalue weighted by Gasteiger charge is 2.44. The van der Waals surface area contributed by atoms with Crippen LogP contribution >= 0.6 is 0 Å². The Morgan fingerprint density at radius 2 is 2.08 bits per heavy atom. The Balaban J connectivity index is 1.43. The van der Waals surface area contributed by atoms with Gasteiger partial charge in [-0.15, -0.1) is 0 Å². The maximum Gasteiger partial charge on any atom is 0.275 e. The van der Waals surface area contributed by atoms with Gasteiger partial charge in [0.1, 0.15) is 5.78 Å². The number of H-pyrrole nitrogens is 1. The van der Waals surface area contributed by atoms with Gasteiger partial charge in [0, 0.05) is 42.9 Å². The molecule has 3 heterocycles. The van der Waals surface area contributed by atoms with Crippen molar-refractivity contribution < 1.29 is 9.59 Å². The molecule has 5 rings (SSSR count). The van der Waals surface area contributed by atoms with Crippen molar-refractivity contribution in [1.82, 2.24) is 20.0 Å². The quantitative estimate of drug-likeness (QED) is 0.920. The van der Waals surface area contributed by atoms with E-state index in [1.54, 1.807) is 0 Å². The number of likely N-dealkylation sites (tertiary alicyclic amines) is 2. The van der Waals surface area contributed by atoms with Gasteiger partial charge >= 0.3 is 0 Å². The zero-order valence-corrected chi connectivity index (χ0v) is 14.4. The summed E-state index contributed by atoms with van der Waals surface area (Å²) in [4.78, 5) is 29.4. The standard InChI is InChI=1S/C19H22N4O2/c1-22-9-14-8-13(22)10-23(14)19(25)18-15-6-11(2-5-16(15)20-21-18)7-17(24)12-3-4-12/h2,5-6,12-14H,3-4,7-10H2,1H3,(H,20,21)/t13-,14-/m0/s1. The number of carbonyl (C=O) groups is 2. The highest BCUT2D eigenvalue weighted by atomic mass is 16.2. The number of piperazine rings is 1. The highest BCUT2D eigenvalue weighted by Crippen LogP contribution is 2.33. The lowest BCUT2D eigenvalue weighted by molar-refractivity contribution is -0.119. The van der Waals surface area contributed by atoms with E-state index in [0.717, 1.165) is 48.8 Å². The molecule has 6 nitrogen and oxygen atoms in total. The minimum absolute atomic E-state index is 0.0116. The van der Waals surface area contributed by atoms with Crippen LogP contribution in [0, 0.1) is 5.92 Å². The number of hydrogen-bond acceptors (Lipinski definition) is 4. The van der Waals surface area contributed by atoms with Crippen molar-refractivity contribution in [1.29, 1.82) is 0 Å². The molecule has 0 spiro atoms. The van der Waals surface area contributed by atoms with Crippen molar-refractivity contribution in [2.24, 2.45) is 5.92 Å². The van der Waals surface area contributed by atoms with Crippen LogP contribution in [0.2, 0.25) is 0 Å². The molecule has 2 aromatic rings. The summed E-state index contributed by atoms with van der Waals surface area (Å²) in [5, 5.41) is 8.10. The predicted molar refractivity (Wildman–Crippen MR) is 93.4 cm³/mol. The van der Waals surface area contributed by atoms with Gasteiger partial charge in [-0.05, 0) is 44.0 Å². The zero-order valence-electron chi connectivity index (χ0n) is 14.4. The van der Waals surface area contributed by atoms with Crippen LogP contribution in [-0.2, 0) is 11.2 Å². The van der Waals surface area contributed by atoms with Gasteiger partial charge in [-0.2, -0.15) is 5.10 Å². The van der Waals surface area contributed by atoms with Crippen LogP contribution in [0.5, 0.6) is 0 Å². The summed E-state index contributed by atoms with van der Waals surface area (Å²) in [5.74, 6) is 0.589. The molecule has 1 aliphatic carbocycles. The number of benzene rings is 1. The number of hydrogen-bond donors (Lipinski definition) is 1. The van der Waals surface area contributed by atoms with E-state index in [2.05, 4.69) is 22.1 Å². The van der Waals surface area contributed by atoms with E-state index in [1.165, 1.54) is 0 Å². The number of likely N-dealkylation sites (N-methyl/N-ethyl adjacent to an activating group) is 1. The number of amides is 1. The second-order valence-corrected chi connectivity index (χ2v) is 7.81. The maximum absolute atomic E-state index is 13.0. The van der Waals surface area contributed by atoms with Crippen LogP contribution in [0.15, 0.2) is 18.2 Å². The largest absolute Gasteiger partial charge is 0.331 e. The van der Waals surface area contributed by atoms with Crippen LogP contribution in [0.1, 0.15) is 35.3 Å². The molecule has 6 heteroatoms. The lowest BCUT2D eigenvalue weighted by Crippen LogP contribution is -2.47. The van der Waals surface area contributed by atoms with Gasteiger partial charge in [0.25, 0.3) is 5.91 Å².